The Hall–Kier alpha value is -2.31. The summed E-state index contributed by atoms with van der Waals surface area (Å²) in [7, 11) is 0. The van der Waals surface area contributed by atoms with Crippen molar-refractivity contribution in [2.45, 2.75) is 33.9 Å². The number of nitrogens with zero attached hydrogens (tertiary/aromatic N) is 2. The van der Waals surface area contributed by atoms with Gasteiger partial charge in [0.15, 0.2) is 0 Å². The predicted octanol–water partition coefficient (Wildman–Crippen LogP) is 5.07. The number of thiophene rings is 1. The Labute approximate surface area is 161 Å². The van der Waals surface area contributed by atoms with Crippen molar-refractivity contribution in [3.05, 3.63) is 62.6 Å². The number of benzene rings is 1. The number of anilines is 1. The molecule has 0 saturated carbocycles. The normalized spacial score (nSPS) is 10.8. The number of hydrogen-bond donors (Lipinski definition) is 1. The molecule has 0 spiro atoms. The van der Waals surface area contributed by atoms with Crippen LogP contribution in [0.4, 0.5) is 5.69 Å². The van der Waals surface area contributed by atoms with E-state index >= 15 is 0 Å². The molecule has 3 aromatic rings. The van der Waals surface area contributed by atoms with Crippen LogP contribution < -0.4 is 10.1 Å². The third-order valence-electron chi connectivity index (χ3n) is 4.06. The number of aryl methyl sites for hydroxylation is 2. The second kappa shape index (κ2) is 7.93. The van der Waals surface area contributed by atoms with Crippen LogP contribution in [0.15, 0.2) is 35.8 Å². The van der Waals surface area contributed by atoms with Crippen LogP contribution in [0.5, 0.6) is 5.75 Å². The van der Waals surface area contributed by atoms with Gasteiger partial charge >= 0.3 is 0 Å². The summed E-state index contributed by atoms with van der Waals surface area (Å²) in [6.07, 6.45) is 1.68. The van der Waals surface area contributed by atoms with Crippen LogP contribution in [0.25, 0.3) is 0 Å². The minimum atomic E-state index is -0.137. The number of aromatic nitrogens is 2. The van der Waals surface area contributed by atoms with Crippen molar-refractivity contribution in [2.24, 2.45) is 0 Å². The van der Waals surface area contributed by atoms with Crippen molar-refractivity contribution >= 4 is 34.5 Å². The molecule has 7 heteroatoms. The molecule has 0 radical (unpaired) electrons. The Morgan fingerprint density at radius 1 is 1.35 bits per heavy atom. The molecule has 1 amide bonds. The molecule has 26 heavy (non-hydrogen) atoms. The molecule has 0 bridgehead atoms. The molecule has 0 atom stereocenters. The molecule has 0 aliphatic heterocycles. The molecule has 0 aliphatic carbocycles. The topological polar surface area (TPSA) is 56.2 Å². The van der Waals surface area contributed by atoms with E-state index in [2.05, 4.69) is 10.4 Å². The number of carbonyl (C=O) groups is 1. The van der Waals surface area contributed by atoms with E-state index in [-0.39, 0.29) is 5.91 Å². The highest BCUT2D eigenvalue weighted by Crippen LogP contribution is 2.23. The first-order valence-electron chi connectivity index (χ1n) is 8.28. The average Bonchev–Trinajstić information content (AvgIpc) is 3.23. The van der Waals surface area contributed by atoms with Gasteiger partial charge in [-0.3, -0.25) is 9.48 Å². The standard InChI is InChI=1S/C19H20ClN3O2S/c1-4-23-13(3)17(9-21-23)22-19(24)18-8-14(11-26-18)10-25-15-5-6-16(20)12(2)7-15/h5-9,11H,4,10H2,1-3H3,(H,22,24). The van der Waals surface area contributed by atoms with Gasteiger partial charge in [0.25, 0.3) is 5.91 Å². The first kappa shape index (κ1) is 18.5. The van der Waals surface area contributed by atoms with Crippen LogP contribution in [0.3, 0.4) is 0 Å². The summed E-state index contributed by atoms with van der Waals surface area (Å²) in [4.78, 5) is 13.1. The minimum Gasteiger partial charge on any atom is -0.489 e. The van der Waals surface area contributed by atoms with Gasteiger partial charge in [0.1, 0.15) is 12.4 Å². The average molecular weight is 390 g/mol. The first-order chi connectivity index (χ1) is 12.5. The maximum Gasteiger partial charge on any atom is 0.265 e. The van der Waals surface area contributed by atoms with Crippen LogP contribution in [-0.2, 0) is 13.2 Å². The molecule has 0 fully saturated rings. The van der Waals surface area contributed by atoms with Crippen LogP contribution >= 0.6 is 22.9 Å². The molecule has 3 rings (SSSR count). The second-order valence-corrected chi connectivity index (χ2v) is 7.25. The van der Waals surface area contributed by atoms with Crippen molar-refractivity contribution in [3.8, 4) is 5.75 Å². The zero-order chi connectivity index (χ0) is 18.7. The lowest BCUT2D eigenvalue weighted by Crippen LogP contribution is -2.11. The Kier molecular flexibility index (Phi) is 5.64. The lowest BCUT2D eigenvalue weighted by atomic mass is 10.2. The van der Waals surface area contributed by atoms with E-state index in [0.717, 1.165) is 34.8 Å². The maximum absolute atomic E-state index is 12.4. The Bertz CT molecular complexity index is 933. The fraction of sp³-hybridized carbons (Fsp3) is 0.263. The number of amides is 1. The van der Waals surface area contributed by atoms with Gasteiger partial charge in [0.05, 0.1) is 22.5 Å². The Balaban J connectivity index is 1.62. The largest absolute Gasteiger partial charge is 0.489 e. The number of halogens is 1. The maximum atomic E-state index is 12.4. The molecular formula is C19H20ClN3O2S. The fourth-order valence-electron chi connectivity index (χ4n) is 2.52. The summed E-state index contributed by atoms with van der Waals surface area (Å²) in [6, 6.07) is 7.40. The molecule has 1 aromatic carbocycles. The van der Waals surface area contributed by atoms with Crippen LogP contribution in [0.2, 0.25) is 5.02 Å². The lowest BCUT2D eigenvalue weighted by molar-refractivity contribution is 0.103. The molecule has 0 saturated heterocycles. The molecule has 0 aliphatic rings. The smallest absolute Gasteiger partial charge is 0.265 e. The van der Waals surface area contributed by atoms with Gasteiger partial charge in [-0.05, 0) is 56.0 Å². The van der Waals surface area contributed by atoms with Crippen LogP contribution in [0, 0.1) is 13.8 Å². The van der Waals surface area contributed by atoms with Crippen molar-refractivity contribution in [1.82, 2.24) is 9.78 Å². The number of carbonyl (C=O) groups excluding carboxylic acids is 1. The highest BCUT2D eigenvalue weighted by atomic mass is 35.5. The number of hydrogen-bond acceptors (Lipinski definition) is 4. The van der Waals surface area contributed by atoms with Gasteiger partial charge in [-0.25, -0.2) is 0 Å². The van der Waals surface area contributed by atoms with Crippen molar-refractivity contribution in [3.63, 3.8) is 0 Å². The summed E-state index contributed by atoms with van der Waals surface area (Å²) >= 11 is 7.42. The summed E-state index contributed by atoms with van der Waals surface area (Å²) in [5, 5.41) is 9.80. The van der Waals surface area contributed by atoms with E-state index in [4.69, 9.17) is 16.3 Å². The molecule has 2 aromatic heterocycles. The van der Waals surface area contributed by atoms with Gasteiger partial charge in [-0.2, -0.15) is 5.10 Å². The number of ether oxygens (including phenoxy) is 1. The van der Waals surface area contributed by atoms with Crippen molar-refractivity contribution < 1.29 is 9.53 Å². The third kappa shape index (κ3) is 4.08. The van der Waals surface area contributed by atoms with Crippen molar-refractivity contribution in [2.75, 3.05) is 5.32 Å². The number of rotatable bonds is 6. The Morgan fingerprint density at radius 3 is 2.85 bits per heavy atom. The highest BCUT2D eigenvalue weighted by molar-refractivity contribution is 7.12. The Morgan fingerprint density at radius 2 is 2.15 bits per heavy atom. The number of nitrogens with one attached hydrogen (secondary N) is 1. The fourth-order valence-corrected chi connectivity index (χ4v) is 3.43. The van der Waals surface area contributed by atoms with Gasteiger partial charge in [0, 0.05) is 17.1 Å². The minimum absolute atomic E-state index is 0.137. The first-order valence-corrected chi connectivity index (χ1v) is 9.53. The molecular weight excluding hydrogens is 370 g/mol. The van der Waals surface area contributed by atoms with Gasteiger partial charge in [-0.15, -0.1) is 11.3 Å². The molecule has 136 valence electrons. The van der Waals surface area contributed by atoms with E-state index < -0.39 is 0 Å². The molecule has 2 heterocycles. The summed E-state index contributed by atoms with van der Waals surface area (Å²) in [5.74, 6) is 0.619. The lowest BCUT2D eigenvalue weighted by Gasteiger charge is -2.06. The summed E-state index contributed by atoms with van der Waals surface area (Å²) < 4.78 is 7.62. The van der Waals surface area contributed by atoms with E-state index in [1.165, 1.54) is 11.3 Å². The zero-order valence-electron chi connectivity index (χ0n) is 14.9. The van der Waals surface area contributed by atoms with Gasteiger partial charge in [0.2, 0.25) is 0 Å². The monoisotopic (exact) mass is 389 g/mol. The highest BCUT2D eigenvalue weighted by Gasteiger charge is 2.13. The predicted molar refractivity (Wildman–Crippen MR) is 105 cm³/mol. The van der Waals surface area contributed by atoms with Gasteiger partial charge < -0.3 is 10.1 Å². The second-order valence-electron chi connectivity index (χ2n) is 5.93. The molecule has 5 nitrogen and oxygen atoms in total. The zero-order valence-corrected chi connectivity index (χ0v) is 16.4. The summed E-state index contributed by atoms with van der Waals surface area (Å²) in [5.41, 5.74) is 3.60. The third-order valence-corrected chi connectivity index (χ3v) is 5.47. The van der Waals surface area contributed by atoms with E-state index in [9.17, 15) is 4.79 Å². The van der Waals surface area contributed by atoms with E-state index in [1.54, 1.807) is 6.20 Å². The van der Waals surface area contributed by atoms with Gasteiger partial charge in [-0.1, -0.05) is 11.6 Å². The quantitative estimate of drug-likeness (QED) is 0.640. The summed E-state index contributed by atoms with van der Waals surface area (Å²) in [6.45, 7) is 7.06. The molecule has 0 unspecified atom stereocenters. The SMILES string of the molecule is CCn1ncc(NC(=O)c2cc(COc3ccc(Cl)c(C)c3)cs2)c1C. The van der Waals surface area contributed by atoms with Crippen LogP contribution in [-0.4, -0.2) is 15.7 Å². The van der Waals surface area contributed by atoms with E-state index in [0.29, 0.717) is 16.5 Å². The van der Waals surface area contributed by atoms with E-state index in [1.807, 2.05) is 55.1 Å². The van der Waals surface area contributed by atoms with Crippen molar-refractivity contribution in [1.29, 1.82) is 0 Å². The molecule has 1 N–H and O–H groups in total. The van der Waals surface area contributed by atoms with Crippen LogP contribution in [0.1, 0.15) is 33.4 Å².